The first-order valence-corrected chi connectivity index (χ1v) is 5.53. The van der Waals surface area contributed by atoms with E-state index in [0.717, 1.165) is 5.76 Å². The van der Waals surface area contributed by atoms with Gasteiger partial charge in [-0.05, 0) is 18.2 Å². The van der Waals surface area contributed by atoms with Crippen LogP contribution >= 0.6 is 0 Å². The number of furan rings is 1. The van der Waals surface area contributed by atoms with Crippen LogP contribution in [0, 0.1) is 10.1 Å². The Labute approximate surface area is 107 Å². The minimum atomic E-state index is -0.468. The first-order valence-electron chi connectivity index (χ1n) is 5.53. The summed E-state index contributed by atoms with van der Waals surface area (Å²) in [6.07, 6.45) is 1.58. The molecule has 0 aliphatic carbocycles. The summed E-state index contributed by atoms with van der Waals surface area (Å²) in [4.78, 5) is 14.3. The number of hydrogen-bond donors (Lipinski definition) is 1. The average molecular weight is 259 g/mol. The summed E-state index contributed by atoms with van der Waals surface area (Å²) >= 11 is 0. The molecular weight excluding hydrogens is 250 g/mol. The molecule has 0 radical (unpaired) electrons. The van der Waals surface area contributed by atoms with Gasteiger partial charge in [-0.1, -0.05) is 0 Å². The summed E-state index contributed by atoms with van der Waals surface area (Å²) in [5.41, 5.74) is 0.919. The van der Waals surface area contributed by atoms with Gasteiger partial charge < -0.3 is 14.2 Å². The molecule has 0 unspecified atom stereocenters. The third-order valence-corrected chi connectivity index (χ3v) is 2.58. The molecule has 0 amide bonds. The molecule has 1 aromatic carbocycles. The Kier molecular flexibility index (Phi) is 2.64. The normalized spacial score (nSPS) is 10.7. The molecule has 0 saturated heterocycles. The van der Waals surface area contributed by atoms with Crippen molar-refractivity contribution in [3.63, 3.8) is 0 Å². The van der Waals surface area contributed by atoms with Gasteiger partial charge in [0.05, 0.1) is 17.7 Å². The van der Waals surface area contributed by atoms with Gasteiger partial charge in [-0.15, -0.1) is 0 Å². The van der Waals surface area contributed by atoms with Gasteiger partial charge in [-0.2, -0.15) is 4.98 Å². The standard InChI is InChI=1S/C12H9N3O4/c16-15(17)8-3-4-11-10(6-8)14-12(19-11)13-7-9-2-1-5-18-9/h1-6H,7H2,(H,13,14). The van der Waals surface area contributed by atoms with Crippen molar-refractivity contribution in [2.24, 2.45) is 0 Å². The third-order valence-electron chi connectivity index (χ3n) is 2.58. The molecule has 0 fully saturated rings. The zero-order valence-corrected chi connectivity index (χ0v) is 9.70. The molecule has 7 heteroatoms. The van der Waals surface area contributed by atoms with E-state index >= 15 is 0 Å². The van der Waals surface area contributed by atoms with Crippen molar-refractivity contribution < 1.29 is 13.8 Å². The van der Waals surface area contributed by atoms with E-state index in [4.69, 9.17) is 8.83 Å². The van der Waals surface area contributed by atoms with E-state index in [9.17, 15) is 10.1 Å². The maximum absolute atomic E-state index is 10.7. The predicted molar refractivity (Wildman–Crippen MR) is 66.7 cm³/mol. The van der Waals surface area contributed by atoms with E-state index in [1.807, 2.05) is 6.07 Å². The van der Waals surface area contributed by atoms with E-state index in [0.29, 0.717) is 23.7 Å². The Morgan fingerprint density at radius 1 is 1.37 bits per heavy atom. The van der Waals surface area contributed by atoms with Crippen molar-refractivity contribution in [1.82, 2.24) is 4.98 Å². The minimum absolute atomic E-state index is 0.0154. The van der Waals surface area contributed by atoms with E-state index in [-0.39, 0.29) is 5.69 Å². The summed E-state index contributed by atoms with van der Waals surface area (Å²) in [5.74, 6) is 0.744. The number of non-ortho nitro benzene ring substituents is 1. The first-order chi connectivity index (χ1) is 9.22. The number of hydrogen-bond acceptors (Lipinski definition) is 6. The van der Waals surface area contributed by atoms with Crippen LogP contribution in [-0.2, 0) is 6.54 Å². The molecule has 19 heavy (non-hydrogen) atoms. The van der Waals surface area contributed by atoms with Gasteiger partial charge in [0.15, 0.2) is 5.58 Å². The lowest BCUT2D eigenvalue weighted by molar-refractivity contribution is -0.384. The summed E-state index contributed by atoms with van der Waals surface area (Å²) in [7, 11) is 0. The summed E-state index contributed by atoms with van der Waals surface area (Å²) < 4.78 is 10.6. The van der Waals surface area contributed by atoms with Gasteiger partial charge >= 0.3 is 0 Å². The van der Waals surface area contributed by atoms with Gasteiger partial charge in [-0.3, -0.25) is 10.1 Å². The SMILES string of the molecule is O=[N+]([O-])c1ccc2oc(NCc3ccco3)nc2c1. The highest BCUT2D eigenvalue weighted by Gasteiger charge is 2.11. The molecule has 3 aromatic rings. The molecule has 1 N–H and O–H groups in total. The van der Waals surface area contributed by atoms with Crippen LogP contribution in [-0.4, -0.2) is 9.91 Å². The third kappa shape index (κ3) is 2.25. The molecule has 0 aliphatic heterocycles. The highest BCUT2D eigenvalue weighted by atomic mass is 16.6. The van der Waals surface area contributed by atoms with Crippen LogP contribution in [0.2, 0.25) is 0 Å². The Morgan fingerprint density at radius 2 is 2.26 bits per heavy atom. The van der Waals surface area contributed by atoms with Crippen molar-refractivity contribution in [3.8, 4) is 0 Å². The van der Waals surface area contributed by atoms with E-state index in [1.165, 1.54) is 18.2 Å². The van der Waals surface area contributed by atoms with Crippen molar-refractivity contribution in [2.45, 2.75) is 6.54 Å². The molecule has 0 spiro atoms. The van der Waals surface area contributed by atoms with Gasteiger partial charge in [0.2, 0.25) is 0 Å². The van der Waals surface area contributed by atoms with Crippen LogP contribution in [0.1, 0.15) is 5.76 Å². The molecule has 0 aliphatic rings. The highest BCUT2D eigenvalue weighted by molar-refractivity contribution is 5.77. The van der Waals surface area contributed by atoms with Gasteiger partial charge in [0.25, 0.3) is 11.7 Å². The molecule has 7 nitrogen and oxygen atoms in total. The maximum Gasteiger partial charge on any atom is 0.296 e. The fraction of sp³-hybridized carbons (Fsp3) is 0.0833. The molecule has 2 aromatic heterocycles. The van der Waals surface area contributed by atoms with Crippen molar-refractivity contribution in [1.29, 1.82) is 0 Å². The first kappa shape index (κ1) is 11.3. The second kappa shape index (κ2) is 4.45. The molecule has 96 valence electrons. The second-order valence-electron chi connectivity index (χ2n) is 3.86. The van der Waals surface area contributed by atoms with Crippen LogP contribution in [0.4, 0.5) is 11.7 Å². The van der Waals surface area contributed by atoms with Crippen LogP contribution in [0.25, 0.3) is 11.1 Å². The fourth-order valence-corrected chi connectivity index (χ4v) is 1.68. The smallest absolute Gasteiger partial charge is 0.296 e. The number of nitro groups is 1. The Morgan fingerprint density at radius 3 is 3.00 bits per heavy atom. The summed E-state index contributed by atoms with van der Waals surface area (Å²) in [5, 5.41) is 13.6. The van der Waals surface area contributed by atoms with Crippen molar-refractivity contribution in [2.75, 3.05) is 5.32 Å². The Bertz CT molecular complexity index is 718. The number of anilines is 1. The fourth-order valence-electron chi connectivity index (χ4n) is 1.68. The lowest BCUT2D eigenvalue weighted by Crippen LogP contribution is -1.97. The van der Waals surface area contributed by atoms with E-state index in [1.54, 1.807) is 12.3 Å². The molecule has 0 atom stereocenters. The van der Waals surface area contributed by atoms with Crippen molar-refractivity contribution >= 4 is 22.8 Å². The number of nitrogens with one attached hydrogen (secondary N) is 1. The number of nitrogens with zero attached hydrogens (tertiary/aromatic N) is 2. The maximum atomic E-state index is 10.7. The summed E-state index contributed by atoms with van der Waals surface area (Å²) in [6, 6.07) is 8.18. The summed E-state index contributed by atoms with van der Waals surface area (Å²) in [6.45, 7) is 0.432. The monoisotopic (exact) mass is 259 g/mol. The number of fused-ring (bicyclic) bond motifs is 1. The quantitative estimate of drug-likeness (QED) is 0.571. The zero-order valence-electron chi connectivity index (χ0n) is 9.70. The number of nitro benzene ring substituents is 1. The zero-order chi connectivity index (χ0) is 13.2. The Hall–Kier alpha value is -2.83. The van der Waals surface area contributed by atoms with Crippen LogP contribution in [0.5, 0.6) is 0 Å². The number of aromatic nitrogens is 1. The molecular formula is C12H9N3O4. The van der Waals surface area contributed by atoms with Crippen LogP contribution in [0.3, 0.4) is 0 Å². The lowest BCUT2D eigenvalue weighted by atomic mass is 10.3. The highest BCUT2D eigenvalue weighted by Crippen LogP contribution is 2.23. The van der Waals surface area contributed by atoms with Gasteiger partial charge in [-0.25, -0.2) is 0 Å². The van der Waals surface area contributed by atoms with Crippen molar-refractivity contribution in [3.05, 3.63) is 52.5 Å². The van der Waals surface area contributed by atoms with Crippen LogP contribution in [0.15, 0.2) is 45.4 Å². The van der Waals surface area contributed by atoms with E-state index < -0.39 is 4.92 Å². The van der Waals surface area contributed by atoms with Crippen LogP contribution < -0.4 is 5.32 Å². The minimum Gasteiger partial charge on any atom is -0.467 e. The molecule has 0 bridgehead atoms. The number of oxazole rings is 1. The number of benzene rings is 1. The predicted octanol–water partition coefficient (Wildman–Crippen LogP) is 2.94. The topological polar surface area (TPSA) is 94.3 Å². The number of rotatable bonds is 4. The Balaban J connectivity index is 1.83. The molecule has 2 heterocycles. The average Bonchev–Trinajstić information content (AvgIpc) is 3.04. The second-order valence-corrected chi connectivity index (χ2v) is 3.86. The lowest BCUT2D eigenvalue weighted by Gasteiger charge is -1.96. The molecule has 0 saturated carbocycles. The van der Waals surface area contributed by atoms with Gasteiger partial charge in [0.1, 0.15) is 11.3 Å². The van der Waals surface area contributed by atoms with E-state index in [2.05, 4.69) is 10.3 Å². The molecule has 3 rings (SSSR count). The largest absolute Gasteiger partial charge is 0.467 e. The van der Waals surface area contributed by atoms with Gasteiger partial charge in [0, 0.05) is 12.1 Å².